The van der Waals surface area contributed by atoms with E-state index in [2.05, 4.69) is 15.9 Å². The zero-order valence-corrected chi connectivity index (χ0v) is 9.34. The maximum Gasteiger partial charge on any atom is 0.223 e. The maximum absolute atomic E-state index is 11.2. The van der Waals surface area contributed by atoms with Crippen LogP contribution in [0.15, 0.2) is 28.7 Å². The fourth-order valence-electron chi connectivity index (χ4n) is 1.21. The lowest BCUT2D eigenvalue weighted by Gasteiger charge is -2.18. The summed E-state index contributed by atoms with van der Waals surface area (Å²) in [4.78, 5) is 12.9. The Balaban J connectivity index is 2.92. The summed E-state index contributed by atoms with van der Waals surface area (Å²) in [5, 5.41) is 0. The summed E-state index contributed by atoms with van der Waals surface area (Å²) >= 11 is 3.35. The molecule has 0 spiro atoms. The highest BCUT2D eigenvalue weighted by atomic mass is 79.9. The Labute approximate surface area is 86.7 Å². The first-order valence-corrected chi connectivity index (χ1v) is 4.98. The molecule has 70 valence electrons. The van der Waals surface area contributed by atoms with E-state index < -0.39 is 0 Å². The van der Waals surface area contributed by atoms with Crippen molar-refractivity contribution in [2.24, 2.45) is 0 Å². The van der Waals surface area contributed by atoms with Crippen LogP contribution in [0.5, 0.6) is 0 Å². The van der Waals surface area contributed by atoms with Gasteiger partial charge < -0.3 is 4.90 Å². The van der Waals surface area contributed by atoms with Gasteiger partial charge in [0.05, 0.1) is 0 Å². The van der Waals surface area contributed by atoms with E-state index >= 15 is 0 Å². The molecule has 0 saturated carbocycles. The van der Waals surface area contributed by atoms with Crippen LogP contribution in [-0.2, 0) is 4.79 Å². The molecule has 0 N–H and O–H groups in total. The zero-order chi connectivity index (χ0) is 9.84. The molecule has 3 heteroatoms. The van der Waals surface area contributed by atoms with E-state index in [1.54, 1.807) is 11.8 Å². The monoisotopic (exact) mass is 241 g/mol. The molecular weight excluding hydrogens is 230 g/mol. The molecular formula is C10H12BrNO. The number of anilines is 1. The smallest absolute Gasteiger partial charge is 0.223 e. The molecule has 0 atom stereocenters. The Morgan fingerprint density at radius 3 is 2.31 bits per heavy atom. The Morgan fingerprint density at radius 1 is 1.38 bits per heavy atom. The minimum Gasteiger partial charge on any atom is -0.313 e. The Morgan fingerprint density at radius 2 is 1.92 bits per heavy atom. The molecule has 1 rings (SSSR count). The van der Waals surface area contributed by atoms with Crippen LogP contribution in [0.4, 0.5) is 5.69 Å². The Bertz CT molecular complexity index is 294. The van der Waals surface area contributed by atoms with E-state index in [1.807, 2.05) is 31.2 Å². The van der Waals surface area contributed by atoms with Crippen LogP contribution in [0.2, 0.25) is 0 Å². The number of carbonyl (C=O) groups is 1. The molecule has 0 aliphatic heterocycles. The summed E-state index contributed by atoms with van der Waals surface area (Å²) in [6.45, 7) is 4.24. The fourth-order valence-corrected chi connectivity index (χ4v) is 1.47. The topological polar surface area (TPSA) is 20.3 Å². The second kappa shape index (κ2) is 4.42. The van der Waals surface area contributed by atoms with Gasteiger partial charge in [-0.05, 0) is 31.2 Å². The van der Waals surface area contributed by atoms with Crippen molar-refractivity contribution in [3.63, 3.8) is 0 Å². The third kappa shape index (κ3) is 2.56. The van der Waals surface area contributed by atoms with Crippen molar-refractivity contribution >= 4 is 27.5 Å². The molecule has 0 heterocycles. The van der Waals surface area contributed by atoms with Gasteiger partial charge in [-0.3, -0.25) is 4.79 Å². The molecule has 0 saturated heterocycles. The molecule has 0 radical (unpaired) electrons. The lowest BCUT2D eigenvalue weighted by molar-refractivity contribution is -0.116. The number of halogens is 1. The highest BCUT2D eigenvalue weighted by Gasteiger charge is 2.07. The summed E-state index contributed by atoms with van der Waals surface area (Å²) in [5.74, 6) is 0.0739. The average Bonchev–Trinajstić information content (AvgIpc) is 2.09. The van der Waals surface area contributed by atoms with Crippen molar-refractivity contribution < 1.29 is 4.79 Å². The molecule has 1 amide bonds. The second-order valence-electron chi connectivity index (χ2n) is 2.74. The van der Waals surface area contributed by atoms with Crippen LogP contribution in [-0.4, -0.2) is 12.5 Å². The first kappa shape index (κ1) is 10.3. The van der Waals surface area contributed by atoms with Gasteiger partial charge in [-0.1, -0.05) is 15.9 Å². The Kier molecular flexibility index (Phi) is 3.48. The highest BCUT2D eigenvalue weighted by Crippen LogP contribution is 2.18. The average molecular weight is 242 g/mol. The zero-order valence-electron chi connectivity index (χ0n) is 7.75. The van der Waals surface area contributed by atoms with Crippen molar-refractivity contribution in [1.82, 2.24) is 0 Å². The van der Waals surface area contributed by atoms with Crippen molar-refractivity contribution in [2.45, 2.75) is 13.8 Å². The highest BCUT2D eigenvalue weighted by molar-refractivity contribution is 9.10. The van der Waals surface area contributed by atoms with E-state index in [0.29, 0.717) is 6.54 Å². The SMILES string of the molecule is CCN(C(C)=O)c1ccc(Br)cc1. The van der Waals surface area contributed by atoms with E-state index in [9.17, 15) is 4.79 Å². The predicted octanol–water partition coefficient (Wildman–Crippen LogP) is 2.82. The number of carbonyl (C=O) groups excluding carboxylic acids is 1. The summed E-state index contributed by atoms with van der Waals surface area (Å²) < 4.78 is 1.02. The number of hydrogen-bond donors (Lipinski definition) is 0. The van der Waals surface area contributed by atoms with Crippen molar-refractivity contribution in [2.75, 3.05) is 11.4 Å². The first-order chi connectivity index (χ1) is 6.15. The van der Waals surface area contributed by atoms with Crippen LogP contribution >= 0.6 is 15.9 Å². The van der Waals surface area contributed by atoms with Gasteiger partial charge in [0, 0.05) is 23.6 Å². The van der Waals surface area contributed by atoms with E-state index in [4.69, 9.17) is 0 Å². The predicted molar refractivity (Wildman–Crippen MR) is 57.8 cm³/mol. The summed E-state index contributed by atoms with van der Waals surface area (Å²) in [6, 6.07) is 7.71. The quantitative estimate of drug-likeness (QED) is 0.780. The number of rotatable bonds is 2. The number of hydrogen-bond acceptors (Lipinski definition) is 1. The third-order valence-corrected chi connectivity index (χ3v) is 2.36. The minimum absolute atomic E-state index is 0.0739. The lowest BCUT2D eigenvalue weighted by atomic mass is 10.3. The van der Waals surface area contributed by atoms with E-state index in [0.717, 1.165) is 10.2 Å². The van der Waals surface area contributed by atoms with Crippen molar-refractivity contribution in [3.8, 4) is 0 Å². The molecule has 0 unspecified atom stereocenters. The van der Waals surface area contributed by atoms with Crippen LogP contribution < -0.4 is 4.90 Å². The number of amides is 1. The molecule has 0 fully saturated rings. The molecule has 0 bridgehead atoms. The minimum atomic E-state index is 0.0739. The van der Waals surface area contributed by atoms with Crippen molar-refractivity contribution in [3.05, 3.63) is 28.7 Å². The van der Waals surface area contributed by atoms with Crippen LogP contribution in [0.3, 0.4) is 0 Å². The van der Waals surface area contributed by atoms with Gasteiger partial charge in [-0.2, -0.15) is 0 Å². The van der Waals surface area contributed by atoms with Crippen LogP contribution in [0.25, 0.3) is 0 Å². The van der Waals surface area contributed by atoms with Gasteiger partial charge in [0.2, 0.25) is 5.91 Å². The summed E-state index contributed by atoms with van der Waals surface area (Å²) in [5.41, 5.74) is 0.943. The lowest BCUT2D eigenvalue weighted by Crippen LogP contribution is -2.27. The maximum atomic E-state index is 11.2. The molecule has 13 heavy (non-hydrogen) atoms. The van der Waals surface area contributed by atoms with E-state index in [-0.39, 0.29) is 5.91 Å². The number of benzene rings is 1. The summed E-state index contributed by atoms with van der Waals surface area (Å²) in [6.07, 6.45) is 0. The van der Waals surface area contributed by atoms with Gasteiger partial charge in [-0.15, -0.1) is 0 Å². The van der Waals surface area contributed by atoms with Gasteiger partial charge >= 0.3 is 0 Å². The van der Waals surface area contributed by atoms with Gasteiger partial charge in [0.25, 0.3) is 0 Å². The molecule has 0 aliphatic rings. The largest absolute Gasteiger partial charge is 0.313 e. The molecule has 1 aromatic carbocycles. The summed E-state index contributed by atoms with van der Waals surface area (Å²) in [7, 11) is 0. The fraction of sp³-hybridized carbons (Fsp3) is 0.300. The third-order valence-electron chi connectivity index (χ3n) is 1.83. The van der Waals surface area contributed by atoms with Gasteiger partial charge in [0.15, 0.2) is 0 Å². The number of nitrogens with zero attached hydrogens (tertiary/aromatic N) is 1. The second-order valence-corrected chi connectivity index (χ2v) is 3.66. The Hall–Kier alpha value is -0.830. The van der Waals surface area contributed by atoms with Gasteiger partial charge in [-0.25, -0.2) is 0 Å². The van der Waals surface area contributed by atoms with Crippen molar-refractivity contribution in [1.29, 1.82) is 0 Å². The van der Waals surface area contributed by atoms with Crippen LogP contribution in [0.1, 0.15) is 13.8 Å². The normalized spacial score (nSPS) is 9.77. The molecule has 0 aliphatic carbocycles. The van der Waals surface area contributed by atoms with Gasteiger partial charge in [0.1, 0.15) is 0 Å². The van der Waals surface area contributed by atoms with E-state index in [1.165, 1.54) is 0 Å². The van der Waals surface area contributed by atoms with Crippen LogP contribution in [0, 0.1) is 0 Å². The molecule has 0 aromatic heterocycles. The molecule has 1 aromatic rings. The molecule has 2 nitrogen and oxygen atoms in total. The first-order valence-electron chi connectivity index (χ1n) is 4.19. The standard InChI is InChI=1S/C10H12BrNO/c1-3-12(8(2)13)10-6-4-9(11)5-7-10/h4-7H,3H2,1-2H3.